The van der Waals surface area contributed by atoms with Gasteiger partial charge in [-0.05, 0) is 115 Å². The number of amides is 2. The normalized spacial score (nSPS) is 18.0. The number of anilines is 2. The Morgan fingerprint density at radius 1 is 1.21 bits per heavy atom. The molecule has 0 N–H and O–H groups in total. The molecule has 0 unspecified atom stereocenters. The number of benzene rings is 1. The van der Waals surface area contributed by atoms with Crippen molar-refractivity contribution in [3.05, 3.63) is 50.2 Å². The summed E-state index contributed by atoms with van der Waals surface area (Å²) >= 11 is 4.30. The summed E-state index contributed by atoms with van der Waals surface area (Å²) in [6.45, 7) is 4.32. The van der Waals surface area contributed by atoms with Crippen LogP contribution in [0.25, 0.3) is 0 Å². The first-order valence-electron chi connectivity index (χ1n) is 11.4. The molecule has 170 valence electrons. The molecular weight excluding hydrogens is 545 g/mol. The highest BCUT2D eigenvalue weighted by atomic mass is 127. The van der Waals surface area contributed by atoms with E-state index in [4.69, 9.17) is 4.98 Å². The Morgan fingerprint density at radius 2 is 1.97 bits per heavy atom. The van der Waals surface area contributed by atoms with Crippen LogP contribution in [-0.4, -0.2) is 39.2 Å². The van der Waals surface area contributed by atoms with E-state index >= 15 is 0 Å². The molecule has 2 aliphatic heterocycles. The number of aryl methyl sites for hydroxylation is 1. The number of aromatic nitrogens is 1. The molecule has 5 rings (SSSR count). The third-order valence-corrected chi connectivity index (χ3v) is 8.84. The predicted molar refractivity (Wildman–Crippen MR) is 141 cm³/mol. The third kappa shape index (κ3) is 4.40. The van der Waals surface area contributed by atoms with Gasteiger partial charge >= 0.3 is 5.91 Å². The molecule has 0 spiro atoms. The fourth-order valence-corrected chi connectivity index (χ4v) is 6.27. The van der Waals surface area contributed by atoms with E-state index in [1.807, 2.05) is 28.8 Å². The minimum Gasteiger partial charge on any atom is -0.330 e. The Kier molecular flexibility index (Phi) is 6.41. The number of pyridine rings is 1. The largest absolute Gasteiger partial charge is 0.330 e. The number of thioether (sulfide) groups is 1. The van der Waals surface area contributed by atoms with E-state index in [0.29, 0.717) is 24.0 Å². The van der Waals surface area contributed by atoms with Gasteiger partial charge in [0.25, 0.3) is 5.91 Å². The molecule has 2 aromatic rings. The molecule has 3 aliphatic rings. The second-order valence-electron chi connectivity index (χ2n) is 8.90. The Bertz CT molecular complexity index is 1190. The Hall–Kier alpha value is -2.05. The van der Waals surface area contributed by atoms with Gasteiger partial charge < -0.3 is 4.90 Å². The van der Waals surface area contributed by atoms with Gasteiger partial charge in [0.05, 0.1) is 5.69 Å². The maximum Gasteiger partial charge on any atom is 0.308 e. The molecule has 1 aromatic heterocycles. The summed E-state index contributed by atoms with van der Waals surface area (Å²) in [5.74, 6) is 8.22. The summed E-state index contributed by atoms with van der Waals surface area (Å²) in [6.07, 6.45) is 4.30. The lowest BCUT2D eigenvalue weighted by Gasteiger charge is -2.30. The standard InChI is InChI=1S/C26H26IN3O2S/c1-3-4-24(31)30(22-13-16(2)21(27)14-20(22)17-5-6-17)23-8-7-18-15-29(26(32)25(18)28-23)19-9-11-33-12-10-19/h7-8,13-14,17,19H,5-6,9-12,15H2,1-2H3. The van der Waals surface area contributed by atoms with Gasteiger partial charge in [-0.3, -0.25) is 14.5 Å². The lowest BCUT2D eigenvalue weighted by atomic mass is 10.0. The van der Waals surface area contributed by atoms with Crippen LogP contribution in [0.5, 0.6) is 0 Å². The van der Waals surface area contributed by atoms with Crippen molar-refractivity contribution in [2.75, 3.05) is 16.4 Å². The molecule has 1 aliphatic carbocycles. The minimum absolute atomic E-state index is 0.0149. The highest BCUT2D eigenvalue weighted by Gasteiger charge is 2.36. The highest BCUT2D eigenvalue weighted by molar-refractivity contribution is 14.1. The predicted octanol–water partition coefficient (Wildman–Crippen LogP) is 5.41. The van der Waals surface area contributed by atoms with Crippen LogP contribution in [0.4, 0.5) is 11.5 Å². The fraction of sp³-hybridized carbons (Fsp3) is 0.423. The molecule has 5 nitrogen and oxygen atoms in total. The van der Waals surface area contributed by atoms with Crippen molar-refractivity contribution in [3.63, 3.8) is 0 Å². The van der Waals surface area contributed by atoms with Gasteiger partial charge in [-0.15, -0.1) is 0 Å². The molecule has 2 amide bonds. The Morgan fingerprint density at radius 3 is 2.67 bits per heavy atom. The second kappa shape index (κ2) is 9.30. The second-order valence-corrected chi connectivity index (χ2v) is 11.3. The van der Waals surface area contributed by atoms with E-state index in [2.05, 4.69) is 53.5 Å². The molecule has 0 radical (unpaired) electrons. The number of fused-ring (bicyclic) bond motifs is 1. The summed E-state index contributed by atoms with van der Waals surface area (Å²) in [4.78, 5) is 34.9. The molecule has 0 bridgehead atoms. The molecule has 1 aromatic carbocycles. The lowest BCUT2D eigenvalue weighted by molar-refractivity contribution is -0.112. The summed E-state index contributed by atoms with van der Waals surface area (Å²) in [6, 6.07) is 8.35. The van der Waals surface area contributed by atoms with Gasteiger partial charge in [0.2, 0.25) is 0 Å². The van der Waals surface area contributed by atoms with E-state index in [1.165, 1.54) is 3.57 Å². The van der Waals surface area contributed by atoms with Gasteiger partial charge in [0, 0.05) is 21.7 Å². The molecule has 1 saturated carbocycles. The fourth-order valence-electron chi connectivity index (χ4n) is 4.69. The van der Waals surface area contributed by atoms with E-state index in [1.54, 1.807) is 11.8 Å². The Balaban J connectivity index is 1.56. The van der Waals surface area contributed by atoms with Crippen molar-refractivity contribution in [3.8, 4) is 11.8 Å². The maximum absolute atomic E-state index is 13.3. The van der Waals surface area contributed by atoms with E-state index in [-0.39, 0.29) is 17.9 Å². The van der Waals surface area contributed by atoms with Crippen LogP contribution in [0.15, 0.2) is 24.3 Å². The monoisotopic (exact) mass is 571 g/mol. The SMILES string of the molecule is CC#CC(=O)N(c1ccc2c(n1)C(=O)N(C1CCSCC1)C2)c1cc(C)c(I)cc1C1CC1. The van der Waals surface area contributed by atoms with Crippen LogP contribution in [0.2, 0.25) is 0 Å². The highest BCUT2D eigenvalue weighted by Crippen LogP contribution is 2.47. The van der Waals surface area contributed by atoms with Crippen molar-refractivity contribution in [2.24, 2.45) is 0 Å². The molecule has 3 heterocycles. The zero-order valence-corrected chi connectivity index (χ0v) is 21.8. The van der Waals surface area contributed by atoms with Crippen molar-refractivity contribution >= 4 is 57.7 Å². The van der Waals surface area contributed by atoms with Crippen LogP contribution in [-0.2, 0) is 11.3 Å². The minimum atomic E-state index is -0.320. The molecule has 1 saturated heterocycles. The van der Waals surface area contributed by atoms with Crippen molar-refractivity contribution in [1.82, 2.24) is 9.88 Å². The average molecular weight is 571 g/mol. The number of rotatable bonds is 4. The van der Waals surface area contributed by atoms with Gasteiger partial charge in [-0.2, -0.15) is 11.8 Å². The third-order valence-electron chi connectivity index (χ3n) is 6.63. The van der Waals surface area contributed by atoms with E-state index in [0.717, 1.165) is 59.6 Å². The lowest BCUT2D eigenvalue weighted by Crippen LogP contribution is -2.38. The first-order chi connectivity index (χ1) is 16.0. The number of hydrogen-bond acceptors (Lipinski definition) is 4. The number of carbonyl (C=O) groups is 2. The van der Waals surface area contributed by atoms with Crippen molar-refractivity contribution < 1.29 is 9.59 Å². The summed E-state index contributed by atoms with van der Waals surface area (Å²) in [5, 5.41) is 0. The average Bonchev–Trinajstić information content (AvgIpc) is 3.61. The van der Waals surface area contributed by atoms with Gasteiger partial charge in [-0.1, -0.05) is 12.0 Å². The first kappa shape index (κ1) is 22.7. The van der Waals surface area contributed by atoms with Crippen molar-refractivity contribution in [1.29, 1.82) is 0 Å². The first-order valence-corrected chi connectivity index (χ1v) is 13.7. The van der Waals surface area contributed by atoms with Crippen molar-refractivity contribution in [2.45, 2.75) is 58.0 Å². The van der Waals surface area contributed by atoms with E-state index < -0.39 is 0 Å². The molecule has 0 atom stereocenters. The molecule has 2 fully saturated rings. The molecule has 33 heavy (non-hydrogen) atoms. The van der Waals surface area contributed by atoms with Gasteiger partial charge in [-0.25, -0.2) is 4.98 Å². The zero-order valence-electron chi connectivity index (χ0n) is 18.9. The number of halogens is 1. The van der Waals surface area contributed by atoms with Crippen LogP contribution < -0.4 is 4.90 Å². The number of nitrogens with zero attached hydrogens (tertiary/aromatic N) is 3. The number of hydrogen-bond donors (Lipinski definition) is 0. The quantitative estimate of drug-likeness (QED) is 0.364. The van der Waals surface area contributed by atoms with Gasteiger partial charge in [0.1, 0.15) is 11.5 Å². The number of carbonyl (C=O) groups excluding carboxylic acids is 2. The molecular formula is C26H26IN3O2S. The summed E-state index contributed by atoms with van der Waals surface area (Å²) in [5.41, 5.74) is 4.52. The van der Waals surface area contributed by atoms with E-state index in [9.17, 15) is 9.59 Å². The van der Waals surface area contributed by atoms with Crippen LogP contribution in [0.3, 0.4) is 0 Å². The topological polar surface area (TPSA) is 53.5 Å². The van der Waals surface area contributed by atoms with Crippen LogP contribution >= 0.6 is 34.4 Å². The van der Waals surface area contributed by atoms with Crippen LogP contribution in [0.1, 0.15) is 65.7 Å². The van der Waals surface area contributed by atoms with Crippen LogP contribution in [0, 0.1) is 22.3 Å². The maximum atomic E-state index is 13.3. The Labute approximate surface area is 212 Å². The smallest absolute Gasteiger partial charge is 0.308 e. The summed E-state index contributed by atoms with van der Waals surface area (Å²) < 4.78 is 1.19. The molecule has 7 heteroatoms. The summed E-state index contributed by atoms with van der Waals surface area (Å²) in [7, 11) is 0. The zero-order chi connectivity index (χ0) is 23.1. The van der Waals surface area contributed by atoms with Gasteiger partial charge in [0.15, 0.2) is 0 Å².